The van der Waals surface area contributed by atoms with Crippen molar-refractivity contribution in [1.82, 2.24) is 0 Å². The van der Waals surface area contributed by atoms with E-state index in [1.165, 1.54) is 12.1 Å². The molecule has 0 aliphatic heterocycles. The number of amides is 2. The van der Waals surface area contributed by atoms with Crippen LogP contribution in [0.25, 0.3) is 0 Å². The summed E-state index contributed by atoms with van der Waals surface area (Å²) in [7, 11) is 0. The summed E-state index contributed by atoms with van der Waals surface area (Å²) < 4.78 is 0. The minimum absolute atomic E-state index is 0.304. The molecule has 0 saturated heterocycles. The third-order valence-electron chi connectivity index (χ3n) is 2.47. The number of hydrogen-bond donors (Lipinski definition) is 2. The normalized spacial score (nSPS) is 9.81. The molecule has 0 aromatic heterocycles. The fourth-order valence-electron chi connectivity index (χ4n) is 1.63. The molecule has 2 rings (SSSR count). The van der Waals surface area contributed by atoms with Crippen molar-refractivity contribution in [3.8, 4) is 6.07 Å². The van der Waals surface area contributed by atoms with Crippen LogP contribution < -0.4 is 10.6 Å². The van der Waals surface area contributed by atoms with Gasteiger partial charge in [-0.05, 0) is 36.4 Å². The van der Waals surface area contributed by atoms with E-state index in [1.807, 2.05) is 6.07 Å². The molecule has 0 unspecified atom stereocenters. The quantitative estimate of drug-likeness (QED) is 0.792. The largest absolute Gasteiger partial charge is 0.323 e. The fraction of sp³-hybridized carbons (Fsp3) is 0. The number of carbonyl (C=O) groups is 1. The molecule has 106 valence electrons. The average Bonchev–Trinajstić information content (AvgIpc) is 2.37. The van der Waals surface area contributed by atoms with Gasteiger partial charge < -0.3 is 10.6 Å². The molecule has 21 heavy (non-hydrogen) atoms. The molecule has 0 fully saturated rings. The summed E-state index contributed by atoms with van der Waals surface area (Å²) in [5, 5.41) is 15.3. The van der Waals surface area contributed by atoms with E-state index in [9.17, 15) is 4.79 Å². The molecule has 0 bridgehead atoms. The molecule has 0 spiro atoms. The molecule has 0 atom stereocenters. The Morgan fingerprint density at radius 1 is 0.952 bits per heavy atom. The van der Waals surface area contributed by atoms with E-state index in [0.717, 1.165) is 0 Å². The summed E-state index contributed by atoms with van der Waals surface area (Å²) in [4.78, 5) is 11.9. The second kappa shape index (κ2) is 6.68. The Balaban J connectivity index is 2.15. The van der Waals surface area contributed by atoms with E-state index in [1.54, 1.807) is 24.3 Å². The Morgan fingerprint density at radius 2 is 1.62 bits per heavy atom. The lowest BCUT2D eigenvalue weighted by atomic mass is 10.2. The highest BCUT2D eigenvalue weighted by molar-refractivity contribution is 6.35. The van der Waals surface area contributed by atoms with Crippen LogP contribution in [0, 0.1) is 11.3 Å². The zero-order chi connectivity index (χ0) is 15.4. The van der Waals surface area contributed by atoms with Gasteiger partial charge >= 0.3 is 6.03 Å². The molecular formula is C14H8Cl3N3O. The molecule has 0 radical (unpaired) electrons. The van der Waals surface area contributed by atoms with Gasteiger partial charge in [0.1, 0.15) is 6.07 Å². The molecule has 2 aromatic carbocycles. The molecule has 4 nitrogen and oxygen atoms in total. The van der Waals surface area contributed by atoms with Gasteiger partial charge in [-0.1, -0.05) is 34.8 Å². The van der Waals surface area contributed by atoms with Gasteiger partial charge in [-0.25, -0.2) is 4.79 Å². The van der Waals surface area contributed by atoms with Gasteiger partial charge in [0.05, 0.1) is 11.3 Å². The summed E-state index contributed by atoms with van der Waals surface area (Å²) in [6, 6.07) is 10.7. The standard InChI is InChI=1S/C14H8Cl3N3O/c15-9-2-1-8(7-18)13(6-9)20-14(21)19-12-4-10(16)3-11(17)5-12/h1-6H,(H2,19,20,21). The first-order valence-corrected chi connectivity index (χ1v) is 6.85. The smallest absolute Gasteiger partial charge is 0.308 e. The van der Waals surface area contributed by atoms with Gasteiger partial charge in [0, 0.05) is 20.8 Å². The lowest BCUT2D eigenvalue weighted by molar-refractivity contribution is 0.262. The highest BCUT2D eigenvalue weighted by atomic mass is 35.5. The lowest BCUT2D eigenvalue weighted by Gasteiger charge is -2.10. The van der Waals surface area contributed by atoms with Crippen molar-refractivity contribution in [1.29, 1.82) is 5.26 Å². The van der Waals surface area contributed by atoms with Gasteiger partial charge in [0.25, 0.3) is 0 Å². The Morgan fingerprint density at radius 3 is 2.24 bits per heavy atom. The SMILES string of the molecule is N#Cc1ccc(Cl)cc1NC(=O)Nc1cc(Cl)cc(Cl)c1. The molecule has 7 heteroatoms. The van der Waals surface area contributed by atoms with Crippen LogP contribution in [0.15, 0.2) is 36.4 Å². The van der Waals surface area contributed by atoms with Gasteiger partial charge in [0.2, 0.25) is 0 Å². The number of hydrogen-bond acceptors (Lipinski definition) is 2. The van der Waals surface area contributed by atoms with Gasteiger partial charge in [-0.15, -0.1) is 0 Å². The Kier molecular flexibility index (Phi) is 4.92. The maximum Gasteiger partial charge on any atom is 0.323 e. The third kappa shape index (κ3) is 4.27. The van der Waals surface area contributed by atoms with Crippen LogP contribution in [0.4, 0.5) is 16.2 Å². The number of carbonyl (C=O) groups excluding carboxylic acids is 1. The number of urea groups is 1. The zero-order valence-corrected chi connectivity index (χ0v) is 12.7. The average molecular weight is 341 g/mol. The van der Waals surface area contributed by atoms with E-state index in [2.05, 4.69) is 10.6 Å². The third-order valence-corrected chi connectivity index (χ3v) is 3.14. The minimum atomic E-state index is -0.535. The fourth-order valence-corrected chi connectivity index (χ4v) is 2.33. The van der Waals surface area contributed by atoms with Crippen molar-refractivity contribution in [2.75, 3.05) is 10.6 Å². The second-order valence-corrected chi connectivity index (χ2v) is 5.35. The number of nitrogens with one attached hydrogen (secondary N) is 2. The lowest BCUT2D eigenvalue weighted by Crippen LogP contribution is -2.20. The van der Waals surface area contributed by atoms with Gasteiger partial charge in [-0.2, -0.15) is 5.26 Å². The Bertz CT molecular complexity index is 720. The highest BCUT2D eigenvalue weighted by Crippen LogP contribution is 2.23. The van der Waals surface area contributed by atoms with Crippen molar-refractivity contribution in [2.45, 2.75) is 0 Å². The van der Waals surface area contributed by atoms with Crippen LogP contribution in [-0.2, 0) is 0 Å². The zero-order valence-electron chi connectivity index (χ0n) is 10.5. The molecule has 0 saturated carbocycles. The minimum Gasteiger partial charge on any atom is -0.308 e. The molecule has 2 N–H and O–H groups in total. The Hall–Kier alpha value is -1.93. The van der Waals surface area contributed by atoms with Crippen molar-refractivity contribution in [3.63, 3.8) is 0 Å². The Labute approximate surface area is 136 Å². The van der Waals surface area contributed by atoms with E-state index in [-0.39, 0.29) is 0 Å². The first-order chi connectivity index (χ1) is 9.97. The molecule has 0 aliphatic carbocycles. The number of nitrogens with zero attached hydrogens (tertiary/aromatic N) is 1. The molecule has 2 aromatic rings. The van der Waals surface area contributed by atoms with E-state index >= 15 is 0 Å². The van der Waals surface area contributed by atoms with E-state index in [0.29, 0.717) is 32.0 Å². The summed E-state index contributed by atoms with van der Waals surface area (Å²) in [5.41, 5.74) is 1.06. The van der Waals surface area contributed by atoms with Crippen LogP contribution in [0.5, 0.6) is 0 Å². The maximum atomic E-state index is 11.9. The predicted octanol–water partition coefficient (Wildman–Crippen LogP) is 5.16. The molecule has 0 heterocycles. The monoisotopic (exact) mass is 339 g/mol. The number of halogens is 3. The predicted molar refractivity (Wildman–Crippen MR) is 85.3 cm³/mol. The maximum absolute atomic E-state index is 11.9. The van der Waals surface area contributed by atoms with E-state index in [4.69, 9.17) is 40.1 Å². The van der Waals surface area contributed by atoms with Crippen LogP contribution in [-0.4, -0.2) is 6.03 Å². The van der Waals surface area contributed by atoms with Gasteiger partial charge in [0.15, 0.2) is 0 Å². The summed E-state index contributed by atoms with van der Waals surface area (Å²) in [6.45, 7) is 0. The van der Waals surface area contributed by atoms with Gasteiger partial charge in [-0.3, -0.25) is 0 Å². The first-order valence-electron chi connectivity index (χ1n) is 5.71. The van der Waals surface area contributed by atoms with Crippen LogP contribution in [0.1, 0.15) is 5.56 Å². The second-order valence-electron chi connectivity index (χ2n) is 4.04. The first kappa shape index (κ1) is 15.5. The number of nitriles is 1. The summed E-state index contributed by atoms with van der Waals surface area (Å²) in [5.74, 6) is 0. The van der Waals surface area contributed by atoms with Crippen molar-refractivity contribution >= 4 is 52.2 Å². The van der Waals surface area contributed by atoms with Crippen molar-refractivity contribution in [3.05, 3.63) is 57.0 Å². The topological polar surface area (TPSA) is 64.9 Å². The molecule has 0 aliphatic rings. The number of rotatable bonds is 2. The van der Waals surface area contributed by atoms with Crippen molar-refractivity contribution < 1.29 is 4.79 Å². The van der Waals surface area contributed by atoms with Crippen LogP contribution >= 0.6 is 34.8 Å². The summed E-state index contributed by atoms with van der Waals surface area (Å²) in [6.07, 6.45) is 0. The highest BCUT2D eigenvalue weighted by Gasteiger charge is 2.08. The number of anilines is 2. The van der Waals surface area contributed by atoms with Crippen molar-refractivity contribution in [2.24, 2.45) is 0 Å². The number of benzene rings is 2. The molecule has 2 amide bonds. The molecular weight excluding hydrogens is 333 g/mol. The van der Waals surface area contributed by atoms with E-state index < -0.39 is 6.03 Å². The van der Waals surface area contributed by atoms with Crippen LogP contribution in [0.3, 0.4) is 0 Å². The van der Waals surface area contributed by atoms with Crippen LogP contribution in [0.2, 0.25) is 15.1 Å². The summed E-state index contributed by atoms with van der Waals surface area (Å²) >= 11 is 17.5.